The van der Waals surface area contributed by atoms with Gasteiger partial charge < -0.3 is 9.80 Å². The van der Waals surface area contributed by atoms with Gasteiger partial charge in [0.15, 0.2) is 0 Å². The maximum atomic E-state index is 5.28. The van der Waals surface area contributed by atoms with Gasteiger partial charge in [-0.3, -0.25) is 5.01 Å². The lowest BCUT2D eigenvalue weighted by atomic mass is 9.87. The van der Waals surface area contributed by atoms with Crippen LogP contribution in [0.25, 0.3) is 6.08 Å². The lowest BCUT2D eigenvalue weighted by molar-refractivity contribution is 0.139. The Labute approximate surface area is 197 Å². The number of hydrogen-bond acceptors (Lipinski definition) is 5. The Hall–Kier alpha value is -2.08. The minimum Gasteiger partial charge on any atom is -0.304 e. The Kier molecular flexibility index (Phi) is 6.96. The quantitative estimate of drug-likeness (QED) is 0.652. The SMILES string of the molecule is CN1CCN(CCCN2N=C3/C(=C/c4ccccc4)CSCC3C2c2ccccc2)CC1. The number of thioether (sulfide) groups is 1. The Morgan fingerprint density at radius 1 is 0.938 bits per heavy atom. The molecule has 3 aliphatic rings. The first-order valence-electron chi connectivity index (χ1n) is 11.9. The van der Waals surface area contributed by atoms with Gasteiger partial charge in [-0.25, -0.2) is 0 Å². The fourth-order valence-corrected chi connectivity index (χ4v) is 6.27. The molecule has 2 fully saturated rings. The molecular formula is C27H34N4S. The summed E-state index contributed by atoms with van der Waals surface area (Å²) in [5, 5.41) is 7.69. The van der Waals surface area contributed by atoms with E-state index in [-0.39, 0.29) is 0 Å². The second-order valence-corrected chi connectivity index (χ2v) is 10.2. The Morgan fingerprint density at radius 2 is 1.66 bits per heavy atom. The van der Waals surface area contributed by atoms with Gasteiger partial charge in [0, 0.05) is 50.1 Å². The van der Waals surface area contributed by atoms with Crippen molar-refractivity contribution < 1.29 is 0 Å². The second kappa shape index (κ2) is 10.2. The van der Waals surface area contributed by atoms with E-state index in [1.165, 1.54) is 61.6 Å². The van der Waals surface area contributed by atoms with Gasteiger partial charge in [-0.05, 0) is 42.8 Å². The van der Waals surface area contributed by atoms with Crippen LogP contribution in [0.5, 0.6) is 0 Å². The summed E-state index contributed by atoms with van der Waals surface area (Å²) in [5.74, 6) is 2.68. The van der Waals surface area contributed by atoms with Crippen LogP contribution >= 0.6 is 11.8 Å². The molecule has 5 heteroatoms. The van der Waals surface area contributed by atoms with Crippen LogP contribution in [0.2, 0.25) is 0 Å². The molecule has 3 heterocycles. The summed E-state index contributed by atoms with van der Waals surface area (Å²) in [5.41, 5.74) is 5.40. The molecule has 2 unspecified atom stereocenters. The van der Waals surface area contributed by atoms with Gasteiger partial charge in [-0.1, -0.05) is 60.7 Å². The van der Waals surface area contributed by atoms with E-state index >= 15 is 0 Å². The summed E-state index contributed by atoms with van der Waals surface area (Å²) in [6, 6.07) is 22.1. The largest absolute Gasteiger partial charge is 0.304 e. The normalized spacial score (nSPS) is 25.7. The van der Waals surface area contributed by atoms with Crippen molar-refractivity contribution >= 4 is 23.5 Å². The third-order valence-electron chi connectivity index (χ3n) is 6.91. The first-order chi connectivity index (χ1) is 15.8. The highest BCUT2D eigenvalue weighted by Crippen LogP contribution is 2.43. The van der Waals surface area contributed by atoms with Gasteiger partial charge in [-0.15, -0.1) is 0 Å². The molecule has 0 radical (unpaired) electrons. The highest BCUT2D eigenvalue weighted by Gasteiger charge is 2.41. The molecule has 3 aliphatic heterocycles. The minimum absolute atomic E-state index is 0.352. The molecule has 2 aromatic carbocycles. The number of fused-ring (bicyclic) bond motifs is 1. The summed E-state index contributed by atoms with van der Waals surface area (Å²) >= 11 is 2.06. The minimum atomic E-state index is 0.352. The van der Waals surface area contributed by atoms with Gasteiger partial charge in [0.1, 0.15) is 0 Å². The van der Waals surface area contributed by atoms with E-state index in [2.05, 4.69) is 100 Å². The van der Waals surface area contributed by atoms with Crippen molar-refractivity contribution in [1.82, 2.24) is 14.8 Å². The van der Waals surface area contributed by atoms with Gasteiger partial charge >= 0.3 is 0 Å². The average Bonchev–Trinajstić information content (AvgIpc) is 3.21. The number of piperazine rings is 1. The van der Waals surface area contributed by atoms with Crippen LogP contribution in [0, 0.1) is 5.92 Å². The van der Waals surface area contributed by atoms with Crippen LogP contribution in [-0.2, 0) is 0 Å². The van der Waals surface area contributed by atoms with Crippen LogP contribution < -0.4 is 0 Å². The van der Waals surface area contributed by atoms with Crippen LogP contribution in [0.4, 0.5) is 0 Å². The smallest absolute Gasteiger partial charge is 0.0812 e. The topological polar surface area (TPSA) is 22.1 Å². The molecule has 5 rings (SSSR count). The highest BCUT2D eigenvalue weighted by molar-refractivity contribution is 7.99. The van der Waals surface area contributed by atoms with E-state index in [4.69, 9.17) is 5.10 Å². The van der Waals surface area contributed by atoms with Gasteiger partial charge in [0.05, 0.1) is 11.8 Å². The molecule has 0 N–H and O–H groups in total. The van der Waals surface area contributed by atoms with Crippen molar-refractivity contribution in [3.8, 4) is 0 Å². The first-order valence-corrected chi connectivity index (χ1v) is 13.1. The summed E-state index contributed by atoms with van der Waals surface area (Å²) in [6.07, 6.45) is 3.52. The zero-order valence-corrected chi connectivity index (χ0v) is 19.9. The summed E-state index contributed by atoms with van der Waals surface area (Å²) in [6.45, 7) is 6.95. The monoisotopic (exact) mass is 446 g/mol. The van der Waals surface area contributed by atoms with E-state index < -0.39 is 0 Å². The van der Waals surface area contributed by atoms with Crippen molar-refractivity contribution in [1.29, 1.82) is 0 Å². The molecule has 4 nitrogen and oxygen atoms in total. The van der Waals surface area contributed by atoms with E-state index in [9.17, 15) is 0 Å². The lowest BCUT2D eigenvalue weighted by Gasteiger charge is -2.33. The molecule has 0 spiro atoms. The summed E-state index contributed by atoms with van der Waals surface area (Å²) < 4.78 is 0. The van der Waals surface area contributed by atoms with E-state index in [1.807, 2.05) is 0 Å². The van der Waals surface area contributed by atoms with Gasteiger partial charge in [-0.2, -0.15) is 16.9 Å². The molecule has 32 heavy (non-hydrogen) atoms. The fourth-order valence-electron chi connectivity index (χ4n) is 5.11. The summed E-state index contributed by atoms with van der Waals surface area (Å²) in [4.78, 5) is 5.04. The third kappa shape index (κ3) is 4.95. The Bertz CT molecular complexity index is 935. The van der Waals surface area contributed by atoms with E-state index in [1.54, 1.807) is 0 Å². The van der Waals surface area contributed by atoms with E-state index in [0.29, 0.717) is 12.0 Å². The average molecular weight is 447 g/mol. The molecule has 0 saturated carbocycles. The molecule has 0 aliphatic carbocycles. The zero-order valence-electron chi connectivity index (χ0n) is 19.1. The predicted octanol–water partition coefficient (Wildman–Crippen LogP) is 4.48. The molecular weight excluding hydrogens is 412 g/mol. The first kappa shape index (κ1) is 21.7. The van der Waals surface area contributed by atoms with Crippen molar-refractivity contribution in [2.45, 2.75) is 12.5 Å². The Morgan fingerprint density at radius 3 is 2.41 bits per heavy atom. The van der Waals surface area contributed by atoms with Crippen molar-refractivity contribution in [3.63, 3.8) is 0 Å². The maximum Gasteiger partial charge on any atom is 0.0812 e. The summed E-state index contributed by atoms with van der Waals surface area (Å²) in [7, 11) is 2.22. The lowest BCUT2D eigenvalue weighted by Crippen LogP contribution is -2.45. The number of benzene rings is 2. The standard InChI is InChI=1S/C27H34N4S/c1-29-15-17-30(18-16-29)13-8-14-31-27(23-11-6-3-7-12-23)25-21-32-20-24(26(25)28-31)19-22-9-4-2-5-10-22/h2-7,9-12,19,25,27H,8,13-18,20-21H2,1H3/b24-19+. The van der Waals surface area contributed by atoms with Crippen molar-refractivity contribution in [2.75, 3.05) is 57.8 Å². The molecule has 168 valence electrons. The number of nitrogens with zero attached hydrogens (tertiary/aromatic N) is 4. The molecule has 2 saturated heterocycles. The zero-order chi connectivity index (χ0) is 21.8. The Balaban J connectivity index is 1.35. The predicted molar refractivity (Wildman–Crippen MR) is 137 cm³/mol. The highest BCUT2D eigenvalue weighted by atomic mass is 32.2. The number of likely N-dealkylation sites (N-methyl/N-ethyl adjacent to an activating group) is 1. The van der Waals surface area contributed by atoms with Crippen LogP contribution in [-0.4, -0.2) is 78.3 Å². The van der Waals surface area contributed by atoms with Crippen LogP contribution in [0.15, 0.2) is 71.3 Å². The number of rotatable bonds is 6. The number of hydrogen-bond donors (Lipinski definition) is 0. The maximum absolute atomic E-state index is 5.28. The van der Waals surface area contributed by atoms with Gasteiger partial charge in [0.25, 0.3) is 0 Å². The third-order valence-corrected chi connectivity index (χ3v) is 8.02. The molecule has 0 amide bonds. The number of hydrazone groups is 1. The fraction of sp³-hybridized carbons (Fsp3) is 0.444. The molecule has 2 aromatic rings. The molecule has 2 atom stereocenters. The van der Waals surface area contributed by atoms with Crippen LogP contribution in [0.3, 0.4) is 0 Å². The van der Waals surface area contributed by atoms with E-state index in [0.717, 1.165) is 18.1 Å². The van der Waals surface area contributed by atoms with Crippen LogP contribution in [0.1, 0.15) is 23.6 Å². The van der Waals surface area contributed by atoms with Crippen molar-refractivity contribution in [3.05, 3.63) is 77.4 Å². The van der Waals surface area contributed by atoms with Crippen molar-refractivity contribution in [2.24, 2.45) is 11.0 Å². The molecule has 0 bridgehead atoms. The molecule has 0 aromatic heterocycles. The second-order valence-electron chi connectivity index (χ2n) is 9.20. The van der Waals surface area contributed by atoms with Gasteiger partial charge in [0.2, 0.25) is 0 Å².